The molecule has 1 N–H and O–H groups in total. The minimum atomic E-state index is -2.32. The van der Waals surface area contributed by atoms with Gasteiger partial charge >= 0.3 is 16.5 Å². The first-order valence-electron chi connectivity index (χ1n) is 23.4. The van der Waals surface area contributed by atoms with E-state index in [9.17, 15) is 5.11 Å². The normalized spacial score (nSPS) is 20.2. The molecular weight excluding hydrogens is 923 g/mol. The molecule has 14 nitrogen and oxygen atoms in total. The number of methoxy groups -OCH3 is 4. The van der Waals surface area contributed by atoms with Gasteiger partial charge in [-0.05, 0) is 84.0 Å². The highest BCUT2D eigenvalue weighted by Gasteiger charge is 2.58. The molecule has 2 saturated heterocycles. The molecule has 0 aliphatic carbocycles. The number of benzene rings is 4. The number of aliphatic hydroxyl groups is 1. The number of ether oxygens (including phenoxy) is 7. The van der Waals surface area contributed by atoms with Gasteiger partial charge in [-0.25, -0.2) is 0 Å². The zero-order chi connectivity index (χ0) is 50.3. The fourth-order valence-electron chi connectivity index (χ4n) is 9.05. The average Bonchev–Trinajstić information content (AvgIpc) is 3.60. The van der Waals surface area contributed by atoms with Gasteiger partial charge in [0, 0.05) is 43.8 Å². The fraction of sp³-hybridized carbons (Fsp3) is 0.547. The molecule has 0 spiro atoms. The average molecular weight is 993 g/mol. The van der Waals surface area contributed by atoms with Crippen LogP contribution in [0.2, 0.25) is 0 Å². The van der Waals surface area contributed by atoms with E-state index in [0.29, 0.717) is 45.3 Å². The van der Waals surface area contributed by atoms with Crippen LogP contribution >= 0.6 is 16.5 Å². The van der Waals surface area contributed by atoms with Gasteiger partial charge in [0.1, 0.15) is 69.7 Å². The lowest BCUT2D eigenvalue weighted by molar-refractivity contribution is -0.220. The minimum Gasteiger partial charge on any atom is -0.497 e. The van der Waals surface area contributed by atoms with Crippen molar-refractivity contribution >= 4 is 60.4 Å². The van der Waals surface area contributed by atoms with Crippen molar-refractivity contribution in [2.24, 2.45) is 0 Å². The maximum Gasteiger partial charge on any atom is 0.387 e. The summed E-state index contributed by atoms with van der Waals surface area (Å²) in [7, 11) is 1.97. The molecule has 2 fully saturated rings. The van der Waals surface area contributed by atoms with Gasteiger partial charge in [0.2, 0.25) is 0 Å². The van der Waals surface area contributed by atoms with E-state index in [2.05, 4.69) is 83.1 Å². The summed E-state index contributed by atoms with van der Waals surface area (Å²) in [5.41, 5.74) is 4.13. The summed E-state index contributed by atoms with van der Waals surface area (Å²) in [6, 6.07) is 15.7. The van der Waals surface area contributed by atoms with Gasteiger partial charge in [-0.1, -0.05) is 83.1 Å². The van der Waals surface area contributed by atoms with Crippen LogP contribution in [0.4, 0.5) is 0 Å². The van der Waals surface area contributed by atoms with Gasteiger partial charge in [-0.3, -0.25) is 9.05 Å². The molecule has 0 saturated carbocycles. The van der Waals surface area contributed by atoms with Crippen LogP contribution in [0, 0.1) is 0 Å². The van der Waals surface area contributed by atoms with Crippen molar-refractivity contribution < 1.29 is 64.1 Å². The van der Waals surface area contributed by atoms with Crippen LogP contribution in [0.15, 0.2) is 65.3 Å². The fourth-order valence-corrected chi connectivity index (χ4v) is 11.5. The second-order valence-corrected chi connectivity index (χ2v) is 24.5. The van der Waals surface area contributed by atoms with Crippen LogP contribution in [0.5, 0.6) is 23.0 Å². The van der Waals surface area contributed by atoms with Crippen molar-refractivity contribution in [2.45, 2.75) is 155 Å². The summed E-state index contributed by atoms with van der Waals surface area (Å²) in [6.07, 6.45) is -4.78. The third-order valence-corrected chi connectivity index (χ3v) is 14.9. The van der Waals surface area contributed by atoms with Gasteiger partial charge in [0.05, 0.1) is 35.0 Å². The summed E-state index contributed by atoms with van der Waals surface area (Å²) in [6.45, 7) is 28.5. The molecule has 16 heteroatoms. The van der Waals surface area contributed by atoms with Gasteiger partial charge in [0.15, 0.2) is 12.1 Å². The molecule has 5 atom stereocenters. The summed E-state index contributed by atoms with van der Waals surface area (Å²) in [4.78, 5) is 0. The molecule has 376 valence electrons. The van der Waals surface area contributed by atoms with Crippen molar-refractivity contribution in [3.05, 3.63) is 70.8 Å². The first-order chi connectivity index (χ1) is 32.2. The van der Waals surface area contributed by atoms with E-state index >= 15 is 0 Å². The maximum absolute atomic E-state index is 11.5. The Morgan fingerprint density at radius 2 is 0.855 bits per heavy atom. The van der Waals surface area contributed by atoms with Crippen LogP contribution in [-0.4, -0.2) is 76.6 Å². The van der Waals surface area contributed by atoms with Crippen LogP contribution in [0.1, 0.15) is 119 Å². The lowest BCUT2D eigenvalue weighted by atomic mass is 9.84. The molecule has 69 heavy (non-hydrogen) atoms. The Balaban J connectivity index is 1.36. The van der Waals surface area contributed by atoms with Crippen LogP contribution < -0.4 is 28.0 Å². The third kappa shape index (κ3) is 9.98. The highest BCUT2D eigenvalue weighted by atomic mass is 31.1. The van der Waals surface area contributed by atoms with E-state index < -0.39 is 81.2 Å². The Labute approximate surface area is 407 Å². The molecule has 0 bridgehead atoms. The lowest BCUT2D eigenvalue weighted by Gasteiger charge is -2.28. The highest BCUT2D eigenvalue weighted by molar-refractivity contribution is 7.32. The molecular formula is C53H70O14P2. The van der Waals surface area contributed by atoms with E-state index in [1.54, 1.807) is 28.4 Å². The first-order valence-corrected chi connectivity index (χ1v) is 25.6. The summed E-state index contributed by atoms with van der Waals surface area (Å²) >= 11 is 0. The molecule has 8 rings (SSSR count). The van der Waals surface area contributed by atoms with Crippen LogP contribution in [0.3, 0.4) is 0 Å². The maximum atomic E-state index is 11.5. The molecule has 2 aliphatic rings. The highest BCUT2D eigenvalue weighted by Crippen LogP contribution is 2.50. The molecule has 0 unspecified atom stereocenters. The number of hydrogen-bond donors (Lipinski definition) is 1. The van der Waals surface area contributed by atoms with Gasteiger partial charge in [-0.15, -0.1) is 0 Å². The molecule has 4 aromatic carbocycles. The Bertz CT molecular complexity index is 2810. The van der Waals surface area contributed by atoms with E-state index in [1.807, 2.05) is 62.4 Å². The number of fused-ring (bicyclic) bond motifs is 7. The van der Waals surface area contributed by atoms with Crippen molar-refractivity contribution in [1.82, 2.24) is 0 Å². The van der Waals surface area contributed by atoms with E-state index in [1.165, 1.54) is 0 Å². The summed E-state index contributed by atoms with van der Waals surface area (Å²) < 4.78 is 85.2. The Hall–Kier alpha value is -4.36. The molecule has 0 radical (unpaired) electrons. The SMILES string of the molecule is COc1cc(C(C)(C)C)c2op(O[C@H]3[C@@H]4OC(C)(C)O[C@H]4O[C@H]3[C@@H](CO)Op3oc4c(C(C)(C)C)cc(OC)cc4c4cc(OC)cc(C(C)(C)C)c4o3)oc3c(C(C)(C)C)cc(OC)cc3c2c1. The van der Waals surface area contributed by atoms with Crippen molar-refractivity contribution in [3.63, 3.8) is 0 Å². The monoisotopic (exact) mass is 992 g/mol. The van der Waals surface area contributed by atoms with E-state index in [4.69, 9.17) is 59.0 Å². The second kappa shape index (κ2) is 18.4. The standard InChI is InChI=1S/C53H70O14P2/c1-49(2,3)36-23-28(55-15)19-32-33-20-29(56-16)24-37(50(4,5)6)42(33)64-68(63-41(32)36)62-40(27-54)45-46(47-48(59-45)61-53(13,14)60-47)67-69-65-43-34(21-30(57-17)25-38(43)51(7,8)9)35-22-31(58-18)26-39(44(35)66-69)52(10,11)12/h19-26,40,45-48,54H,27H2,1-18H3/t40-,45+,46-,47+,48-/m1/s1. The summed E-state index contributed by atoms with van der Waals surface area (Å²) in [5.74, 6) is 1.60. The van der Waals surface area contributed by atoms with Crippen molar-refractivity contribution in [1.29, 1.82) is 0 Å². The minimum absolute atomic E-state index is 0.406. The zero-order valence-corrected chi connectivity index (χ0v) is 45.2. The smallest absolute Gasteiger partial charge is 0.387 e. The zero-order valence-electron chi connectivity index (χ0n) is 43.4. The van der Waals surface area contributed by atoms with E-state index in [0.717, 1.165) is 43.8 Å². The third-order valence-electron chi connectivity index (χ3n) is 12.7. The Morgan fingerprint density at radius 3 is 1.16 bits per heavy atom. The molecule has 6 aromatic rings. The predicted octanol–water partition coefficient (Wildman–Crippen LogP) is 13.3. The number of aliphatic hydroxyl groups excluding tert-OH is 1. The molecule has 4 heterocycles. The Morgan fingerprint density at radius 1 is 0.522 bits per heavy atom. The van der Waals surface area contributed by atoms with E-state index in [-0.39, 0.29) is 0 Å². The predicted molar refractivity (Wildman–Crippen MR) is 270 cm³/mol. The van der Waals surface area contributed by atoms with Gasteiger partial charge < -0.3 is 55.1 Å². The van der Waals surface area contributed by atoms with Gasteiger partial charge in [0.25, 0.3) is 0 Å². The van der Waals surface area contributed by atoms with Crippen LogP contribution in [-0.2, 0) is 35.9 Å². The van der Waals surface area contributed by atoms with Gasteiger partial charge in [-0.2, -0.15) is 0 Å². The molecule has 2 aromatic heterocycles. The quantitative estimate of drug-likeness (QED) is 0.138. The van der Waals surface area contributed by atoms with Crippen molar-refractivity contribution in [2.75, 3.05) is 35.0 Å². The van der Waals surface area contributed by atoms with Crippen molar-refractivity contribution in [3.8, 4) is 23.0 Å². The summed E-state index contributed by atoms with van der Waals surface area (Å²) in [5, 5.41) is 14.5. The topological polar surface area (TPSA) is 156 Å². The molecule has 0 amide bonds. The first kappa shape index (κ1) is 51.0. The number of rotatable bonds is 10. The Kier molecular flexibility index (Phi) is 13.6. The number of hydrogen-bond acceptors (Lipinski definition) is 14. The second-order valence-electron chi connectivity index (χ2n) is 22.5. The largest absolute Gasteiger partial charge is 0.497 e. The lowest BCUT2D eigenvalue weighted by Crippen LogP contribution is -2.47. The van der Waals surface area contributed by atoms with Crippen LogP contribution in [0.25, 0.3) is 43.9 Å². The molecule has 2 aliphatic heterocycles.